The summed E-state index contributed by atoms with van der Waals surface area (Å²) in [5, 5.41) is 0. The third-order valence-corrected chi connectivity index (χ3v) is 3.23. The monoisotopic (exact) mass is 280 g/mol. The lowest BCUT2D eigenvalue weighted by Gasteiger charge is -2.15. The van der Waals surface area contributed by atoms with Crippen LogP contribution in [-0.4, -0.2) is 23.0 Å². The minimum absolute atomic E-state index is 0.568. The van der Waals surface area contributed by atoms with E-state index in [9.17, 15) is 0 Å². The summed E-state index contributed by atoms with van der Waals surface area (Å²) in [6.07, 6.45) is 7.24. The molecule has 0 saturated heterocycles. The van der Waals surface area contributed by atoms with Crippen LogP contribution >= 0.6 is 0 Å². The van der Waals surface area contributed by atoms with Crippen molar-refractivity contribution in [3.63, 3.8) is 0 Å². The summed E-state index contributed by atoms with van der Waals surface area (Å²) >= 11 is 0. The first-order chi connectivity index (χ1) is 10.1. The van der Waals surface area contributed by atoms with Gasteiger partial charge < -0.3 is 4.42 Å². The number of benzene rings is 1. The van der Waals surface area contributed by atoms with Crippen LogP contribution < -0.4 is 0 Å². The molecule has 0 aliphatic carbocycles. The molecule has 2 rings (SSSR count). The number of hydrogen-bond donors (Lipinski definition) is 0. The number of rotatable bonds is 6. The van der Waals surface area contributed by atoms with Gasteiger partial charge in [-0.3, -0.25) is 4.90 Å². The zero-order valence-corrected chi connectivity index (χ0v) is 12.6. The van der Waals surface area contributed by atoms with Crippen LogP contribution in [0.3, 0.4) is 0 Å². The first-order valence-corrected chi connectivity index (χ1v) is 6.94. The highest BCUT2D eigenvalue weighted by molar-refractivity contribution is 5.54. The van der Waals surface area contributed by atoms with E-state index >= 15 is 0 Å². The minimum Gasteiger partial charge on any atom is -0.441 e. The van der Waals surface area contributed by atoms with E-state index in [2.05, 4.69) is 41.4 Å². The van der Waals surface area contributed by atoms with E-state index in [0.717, 1.165) is 23.6 Å². The SMILES string of the molecule is C#CCN(CC=C)Cc1nc(-c2cccc(C)c2)oc1C. The Morgan fingerprint density at radius 3 is 2.90 bits per heavy atom. The van der Waals surface area contributed by atoms with Crippen LogP contribution in [0.15, 0.2) is 41.3 Å². The quantitative estimate of drug-likeness (QED) is 0.598. The average Bonchev–Trinajstić information content (AvgIpc) is 2.81. The van der Waals surface area contributed by atoms with Gasteiger partial charge in [-0.15, -0.1) is 13.0 Å². The summed E-state index contributed by atoms with van der Waals surface area (Å²) in [5.74, 6) is 4.15. The molecule has 3 heteroatoms. The lowest BCUT2D eigenvalue weighted by atomic mass is 10.1. The highest BCUT2D eigenvalue weighted by Crippen LogP contribution is 2.23. The van der Waals surface area contributed by atoms with Crippen molar-refractivity contribution in [2.45, 2.75) is 20.4 Å². The Hall–Kier alpha value is -2.31. The largest absolute Gasteiger partial charge is 0.441 e. The standard InChI is InChI=1S/C18H20N2O/c1-5-10-20(11-6-2)13-17-15(4)21-18(19-17)16-9-7-8-14(3)12-16/h1,6-9,12H,2,10-11,13H2,3-4H3. The summed E-state index contributed by atoms with van der Waals surface area (Å²) in [4.78, 5) is 6.71. The second-order valence-corrected chi connectivity index (χ2v) is 5.05. The van der Waals surface area contributed by atoms with Crippen molar-refractivity contribution in [1.82, 2.24) is 9.88 Å². The molecule has 0 atom stereocenters. The van der Waals surface area contributed by atoms with Gasteiger partial charge in [-0.1, -0.05) is 29.7 Å². The van der Waals surface area contributed by atoms with Crippen LogP contribution in [0.2, 0.25) is 0 Å². The van der Waals surface area contributed by atoms with Gasteiger partial charge >= 0.3 is 0 Å². The smallest absolute Gasteiger partial charge is 0.226 e. The molecule has 3 nitrogen and oxygen atoms in total. The first-order valence-electron chi connectivity index (χ1n) is 6.94. The van der Waals surface area contributed by atoms with Gasteiger partial charge in [0, 0.05) is 18.7 Å². The normalized spacial score (nSPS) is 10.6. The van der Waals surface area contributed by atoms with E-state index < -0.39 is 0 Å². The van der Waals surface area contributed by atoms with Gasteiger partial charge in [-0.2, -0.15) is 0 Å². The molecule has 1 heterocycles. The van der Waals surface area contributed by atoms with E-state index in [-0.39, 0.29) is 0 Å². The summed E-state index contributed by atoms with van der Waals surface area (Å²) in [7, 11) is 0. The first kappa shape index (κ1) is 15.1. The fraction of sp³-hybridized carbons (Fsp3) is 0.278. The van der Waals surface area contributed by atoms with E-state index in [1.165, 1.54) is 5.56 Å². The van der Waals surface area contributed by atoms with Crippen molar-refractivity contribution in [1.29, 1.82) is 0 Å². The summed E-state index contributed by atoms with van der Waals surface area (Å²) < 4.78 is 5.80. The molecular formula is C18H20N2O. The Balaban J connectivity index is 2.23. The molecule has 21 heavy (non-hydrogen) atoms. The lowest BCUT2D eigenvalue weighted by molar-refractivity contribution is 0.326. The zero-order valence-electron chi connectivity index (χ0n) is 12.6. The number of terminal acetylenes is 1. The van der Waals surface area contributed by atoms with E-state index in [1.54, 1.807) is 0 Å². The number of oxazole rings is 1. The Morgan fingerprint density at radius 2 is 2.24 bits per heavy atom. The summed E-state index contributed by atoms with van der Waals surface area (Å²) in [6.45, 7) is 9.71. The fourth-order valence-corrected chi connectivity index (χ4v) is 2.18. The zero-order chi connectivity index (χ0) is 15.2. The van der Waals surface area contributed by atoms with Gasteiger partial charge in [0.05, 0.1) is 12.2 Å². The number of nitrogens with zero attached hydrogens (tertiary/aromatic N) is 2. The summed E-state index contributed by atoms with van der Waals surface area (Å²) in [6, 6.07) is 8.13. The predicted octanol–water partition coefficient (Wildman–Crippen LogP) is 3.58. The topological polar surface area (TPSA) is 29.3 Å². The van der Waals surface area contributed by atoms with Crippen LogP contribution in [0.25, 0.3) is 11.5 Å². The molecule has 0 radical (unpaired) electrons. The number of aromatic nitrogens is 1. The third-order valence-electron chi connectivity index (χ3n) is 3.23. The Labute approximate surface area is 126 Å². The molecule has 108 valence electrons. The minimum atomic E-state index is 0.568. The Morgan fingerprint density at radius 1 is 1.43 bits per heavy atom. The molecule has 0 spiro atoms. The lowest BCUT2D eigenvalue weighted by Crippen LogP contribution is -2.24. The van der Waals surface area contributed by atoms with Crippen molar-refractivity contribution < 1.29 is 4.42 Å². The molecule has 0 bridgehead atoms. The maximum Gasteiger partial charge on any atom is 0.226 e. The predicted molar refractivity (Wildman–Crippen MR) is 85.7 cm³/mol. The van der Waals surface area contributed by atoms with Gasteiger partial charge in [0.1, 0.15) is 5.76 Å². The molecule has 0 aliphatic heterocycles. The van der Waals surface area contributed by atoms with Gasteiger partial charge in [-0.25, -0.2) is 4.98 Å². The Kier molecular flexibility index (Phi) is 4.97. The molecule has 0 aliphatic rings. The molecular weight excluding hydrogens is 260 g/mol. The molecule has 0 saturated carbocycles. The van der Waals surface area contributed by atoms with E-state index in [4.69, 9.17) is 10.8 Å². The highest BCUT2D eigenvalue weighted by Gasteiger charge is 2.14. The third kappa shape index (κ3) is 3.84. The van der Waals surface area contributed by atoms with Crippen LogP contribution in [0.4, 0.5) is 0 Å². The molecule has 0 fully saturated rings. The fourth-order valence-electron chi connectivity index (χ4n) is 2.18. The molecule has 0 N–H and O–H groups in total. The van der Waals surface area contributed by atoms with Gasteiger partial charge in [0.15, 0.2) is 0 Å². The molecule has 2 aromatic rings. The van der Waals surface area contributed by atoms with Crippen molar-refractivity contribution in [2.75, 3.05) is 13.1 Å². The van der Waals surface area contributed by atoms with E-state index in [1.807, 2.05) is 25.1 Å². The Bertz CT molecular complexity index is 664. The van der Waals surface area contributed by atoms with Crippen LogP contribution in [0, 0.1) is 26.2 Å². The number of hydrogen-bond acceptors (Lipinski definition) is 3. The van der Waals surface area contributed by atoms with Crippen molar-refractivity contribution in [3.8, 4) is 23.8 Å². The van der Waals surface area contributed by atoms with Gasteiger partial charge in [0.25, 0.3) is 0 Å². The van der Waals surface area contributed by atoms with E-state index in [0.29, 0.717) is 19.0 Å². The second-order valence-electron chi connectivity index (χ2n) is 5.05. The van der Waals surface area contributed by atoms with Gasteiger partial charge in [-0.05, 0) is 26.0 Å². The van der Waals surface area contributed by atoms with Crippen LogP contribution in [0.1, 0.15) is 17.0 Å². The highest BCUT2D eigenvalue weighted by atomic mass is 16.4. The van der Waals surface area contributed by atoms with Crippen molar-refractivity contribution in [2.24, 2.45) is 0 Å². The number of aryl methyl sites for hydroxylation is 2. The molecule has 1 aromatic carbocycles. The van der Waals surface area contributed by atoms with Crippen LogP contribution in [0.5, 0.6) is 0 Å². The van der Waals surface area contributed by atoms with Crippen LogP contribution in [-0.2, 0) is 6.54 Å². The molecule has 0 unspecified atom stereocenters. The van der Waals surface area contributed by atoms with Crippen molar-refractivity contribution >= 4 is 0 Å². The van der Waals surface area contributed by atoms with Crippen molar-refractivity contribution in [3.05, 3.63) is 53.9 Å². The maximum atomic E-state index is 5.80. The maximum absolute atomic E-state index is 5.80. The summed E-state index contributed by atoms with van der Waals surface area (Å²) in [5.41, 5.74) is 3.10. The second kappa shape index (κ2) is 6.92. The molecule has 1 aromatic heterocycles. The average molecular weight is 280 g/mol. The van der Waals surface area contributed by atoms with Gasteiger partial charge in [0.2, 0.25) is 5.89 Å². The molecule has 0 amide bonds.